The van der Waals surface area contributed by atoms with Crippen molar-refractivity contribution < 1.29 is 4.74 Å². The van der Waals surface area contributed by atoms with Crippen LogP contribution in [-0.4, -0.2) is 6.61 Å². The summed E-state index contributed by atoms with van der Waals surface area (Å²) in [5.41, 5.74) is 6.80. The summed E-state index contributed by atoms with van der Waals surface area (Å²) < 4.78 is 6.18. The predicted molar refractivity (Wildman–Crippen MR) is 51.6 cm³/mol. The van der Waals surface area contributed by atoms with Gasteiger partial charge in [0.1, 0.15) is 12.4 Å². The Balaban J connectivity index is 2.56. The first kappa shape index (κ1) is 8.35. The fraction of sp³-hybridized carbons (Fsp3) is 0.250. The van der Waals surface area contributed by atoms with Crippen LogP contribution in [0.25, 0.3) is 0 Å². The summed E-state index contributed by atoms with van der Waals surface area (Å²) in [4.78, 5) is 0. The maximum absolute atomic E-state index is 5.87. The molecule has 0 saturated heterocycles. The Bertz CT molecular complexity index is 329. The molecule has 0 bridgehead atoms. The van der Waals surface area contributed by atoms with Crippen molar-refractivity contribution in [2.45, 2.75) is 6.04 Å². The van der Waals surface area contributed by atoms with E-state index in [4.69, 9.17) is 22.1 Å². The van der Waals surface area contributed by atoms with E-state index in [0.717, 1.165) is 15.8 Å². The summed E-state index contributed by atoms with van der Waals surface area (Å²) in [6.45, 7) is 0.544. The molecule has 0 unspecified atom stereocenters. The van der Waals surface area contributed by atoms with Crippen molar-refractivity contribution in [3.63, 3.8) is 0 Å². The molecular formula is C8H7BrClNO. The van der Waals surface area contributed by atoms with Crippen LogP contribution in [0, 0.1) is 0 Å². The van der Waals surface area contributed by atoms with Gasteiger partial charge in [-0.25, -0.2) is 0 Å². The second-order valence-electron chi connectivity index (χ2n) is 2.72. The Kier molecular flexibility index (Phi) is 2.02. The number of hydrogen-bond acceptors (Lipinski definition) is 2. The monoisotopic (exact) mass is 247 g/mol. The Hall–Kier alpha value is -0.250. The first-order chi connectivity index (χ1) is 5.68. The van der Waals surface area contributed by atoms with E-state index in [1.165, 1.54) is 0 Å². The second-order valence-corrected chi connectivity index (χ2v) is 3.98. The normalized spacial score (nSPS) is 20.4. The fourth-order valence-corrected chi connectivity index (χ4v) is 1.74. The van der Waals surface area contributed by atoms with Crippen LogP contribution >= 0.6 is 27.5 Å². The topological polar surface area (TPSA) is 35.2 Å². The fourth-order valence-electron chi connectivity index (χ4n) is 1.23. The lowest BCUT2D eigenvalue weighted by Crippen LogP contribution is -2.10. The first-order valence-corrected chi connectivity index (χ1v) is 4.73. The van der Waals surface area contributed by atoms with Gasteiger partial charge < -0.3 is 10.5 Å². The van der Waals surface area contributed by atoms with Gasteiger partial charge in [0.15, 0.2) is 0 Å². The third kappa shape index (κ3) is 1.22. The zero-order chi connectivity index (χ0) is 8.72. The highest BCUT2D eigenvalue weighted by Crippen LogP contribution is 2.37. The van der Waals surface area contributed by atoms with E-state index in [9.17, 15) is 0 Å². The van der Waals surface area contributed by atoms with Crippen molar-refractivity contribution >= 4 is 27.5 Å². The van der Waals surface area contributed by atoms with E-state index in [0.29, 0.717) is 11.6 Å². The largest absolute Gasteiger partial charge is 0.491 e. The third-order valence-electron chi connectivity index (χ3n) is 1.87. The van der Waals surface area contributed by atoms with Crippen LogP contribution in [0.3, 0.4) is 0 Å². The summed E-state index contributed by atoms with van der Waals surface area (Å²) in [5.74, 6) is 0.802. The highest BCUT2D eigenvalue weighted by atomic mass is 79.9. The van der Waals surface area contributed by atoms with E-state index in [-0.39, 0.29) is 6.04 Å². The molecule has 1 aromatic carbocycles. The van der Waals surface area contributed by atoms with Gasteiger partial charge in [0, 0.05) is 16.1 Å². The smallest absolute Gasteiger partial charge is 0.125 e. The zero-order valence-electron chi connectivity index (χ0n) is 6.18. The molecule has 0 amide bonds. The molecule has 0 aromatic heterocycles. The molecule has 2 rings (SSSR count). The van der Waals surface area contributed by atoms with Gasteiger partial charge in [0.05, 0.1) is 11.1 Å². The number of ether oxygens (including phenoxy) is 1. The number of nitrogens with two attached hydrogens (primary N) is 1. The van der Waals surface area contributed by atoms with Crippen LogP contribution in [0.5, 0.6) is 5.75 Å². The molecule has 2 N–H and O–H groups in total. The maximum atomic E-state index is 5.87. The standard InChI is InChI=1S/C8H7BrClNO/c9-5-1-4-7(11)3-12-8(4)2-6(5)10/h1-2,7H,3,11H2/t7-/m1/s1. The van der Waals surface area contributed by atoms with E-state index in [1.54, 1.807) is 6.07 Å². The molecule has 0 aliphatic carbocycles. The van der Waals surface area contributed by atoms with Crippen LogP contribution in [0.2, 0.25) is 5.02 Å². The van der Waals surface area contributed by atoms with E-state index in [2.05, 4.69) is 15.9 Å². The molecule has 2 nitrogen and oxygen atoms in total. The molecule has 1 aliphatic heterocycles. The molecule has 1 aliphatic rings. The minimum absolute atomic E-state index is 0.0198. The van der Waals surface area contributed by atoms with Gasteiger partial charge in [-0.15, -0.1) is 0 Å². The number of rotatable bonds is 0. The predicted octanol–water partition coefficient (Wildman–Crippen LogP) is 2.49. The first-order valence-electron chi connectivity index (χ1n) is 3.56. The van der Waals surface area contributed by atoms with Crippen molar-refractivity contribution in [2.75, 3.05) is 6.61 Å². The van der Waals surface area contributed by atoms with Crippen molar-refractivity contribution in [3.05, 3.63) is 27.2 Å². The van der Waals surface area contributed by atoms with Crippen LogP contribution in [0.1, 0.15) is 11.6 Å². The van der Waals surface area contributed by atoms with Gasteiger partial charge in [0.25, 0.3) is 0 Å². The lowest BCUT2D eigenvalue weighted by molar-refractivity contribution is 0.333. The van der Waals surface area contributed by atoms with Gasteiger partial charge in [0.2, 0.25) is 0 Å². The second kappa shape index (κ2) is 2.91. The summed E-state index contributed by atoms with van der Waals surface area (Å²) in [5, 5.41) is 0.655. The average Bonchev–Trinajstić information content (AvgIpc) is 2.35. The Morgan fingerprint density at radius 1 is 1.58 bits per heavy atom. The van der Waals surface area contributed by atoms with E-state index >= 15 is 0 Å². The third-order valence-corrected chi connectivity index (χ3v) is 3.07. The van der Waals surface area contributed by atoms with Gasteiger partial charge >= 0.3 is 0 Å². The summed E-state index contributed by atoms with van der Waals surface area (Å²) in [7, 11) is 0. The summed E-state index contributed by atoms with van der Waals surface area (Å²) >= 11 is 9.21. The molecule has 12 heavy (non-hydrogen) atoms. The molecular weight excluding hydrogens is 241 g/mol. The molecule has 1 atom stereocenters. The Morgan fingerprint density at radius 3 is 3.08 bits per heavy atom. The van der Waals surface area contributed by atoms with E-state index in [1.807, 2.05) is 6.07 Å². The molecule has 4 heteroatoms. The Labute approximate surface area is 83.8 Å². The summed E-state index contributed by atoms with van der Waals surface area (Å²) in [6, 6.07) is 3.68. The van der Waals surface area contributed by atoms with Crippen molar-refractivity contribution in [1.29, 1.82) is 0 Å². The Morgan fingerprint density at radius 2 is 2.33 bits per heavy atom. The minimum Gasteiger partial charge on any atom is -0.491 e. The molecule has 1 aromatic rings. The van der Waals surface area contributed by atoms with Crippen LogP contribution in [0.15, 0.2) is 16.6 Å². The molecule has 64 valence electrons. The molecule has 0 radical (unpaired) electrons. The van der Waals surface area contributed by atoms with Crippen LogP contribution < -0.4 is 10.5 Å². The molecule has 0 fully saturated rings. The average molecular weight is 249 g/mol. The SMILES string of the molecule is N[C@@H]1COc2cc(Cl)c(Br)cc21. The van der Waals surface area contributed by atoms with E-state index < -0.39 is 0 Å². The van der Waals surface area contributed by atoms with Crippen molar-refractivity contribution in [2.24, 2.45) is 5.73 Å². The highest BCUT2D eigenvalue weighted by molar-refractivity contribution is 9.10. The van der Waals surface area contributed by atoms with Crippen molar-refractivity contribution in [1.82, 2.24) is 0 Å². The summed E-state index contributed by atoms with van der Waals surface area (Å²) in [6.07, 6.45) is 0. The lowest BCUT2D eigenvalue weighted by Gasteiger charge is -2.02. The quantitative estimate of drug-likeness (QED) is 0.766. The minimum atomic E-state index is -0.0198. The molecule has 0 saturated carbocycles. The van der Waals surface area contributed by atoms with Crippen LogP contribution in [0.4, 0.5) is 0 Å². The molecule has 0 spiro atoms. The van der Waals surface area contributed by atoms with Gasteiger partial charge in [-0.3, -0.25) is 0 Å². The zero-order valence-corrected chi connectivity index (χ0v) is 8.52. The molecule has 1 heterocycles. The van der Waals surface area contributed by atoms with Gasteiger partial charge in [-0.1, -0.05) is 11.6 Å². The number of halogens is 2. The number of fused-ring (bicyclic) bond motifs is 1. The number of hydrogen-bond donors (Lipinski definition) is 1. The lowest BCUT2D eigenvalue weighted by atomic mass is 10.1. The van der Waals surface area contributed by atoms with Gasteiger partial charge in [-0.2, -0.15) is 0 Å². The number of benzene rings is 1. The van der Waals surface area contributed by atoms with Gasteiger partial charge in [-0.05, 0) is 22.0 Å². The maximum Gasteiger partial charge on any atom is 0.125 e. The highest BCUT2D eigenvalue weighted by Gasteiger charge is 2.21. The van der Waals surface area contributed by atoms with Crippen LogP contribution in [-0.2, 0) is 0 Å². The van der Waals surface area contributed by atoms with Crippen molar-refractivity contribution in [3.8, 4) is 5.75 Å².